The number of anilines is 1. The molecule has 1 N–H and O–H groups in total. The first kappa shape index (κ1) is 16.2. The van der Waals surface area contributed by atoms with E-state index in [2.05, 4.69) is 10.3 Å². The van der Waals surface area contributed by atoms with E-state index in [0.29, 0.717) is 23.1 Å². The van der Waals surface area contributed by atoms with Crippen LogP contribution >= 0.6 is 11.6 Å². The zero-order valence-electron chi connectivity index (χ0n) is 12.6. The highest BCUT2D eigenvalue weighted by Gasteiger charge is 2.12. The van der Waals surface area contributed by atoms with E-state index < -0.39 is 5.82 Å². The van der Waals surface area contributed by atoms with Crippen LogP contribution < -0.4 is 5.32 Å². The van der Waals surface area contributed by atoms with Gasteiger partial charge in [0.25, 0.3) is 0 Å². The van der Waals surface area contributed by atoms with Gasteiger partial charge in [0.05, 0.1) is 16.9 Å². The summed E-state index contributed by atoms with van der Waals surface area (Å²) in [5.74, 6) is 0.194. The molecule has 0 spiro atoms. The predicted molar refractivity (Wildman–Crippen MR) is 90.3 cm³/mol. The lowest BCUT2D eigenvalue weighted by molar-refractivity contribution is -0.116. The highest BCUT2D eigenvalue weighted by Crippen LogP contribution is 2.28. The number of carbonyl (C=O) groups is 1. The molecule has 0 saturated heterocycles. The first-order valence-electron chi connectivity index (χ1n) is 7.37. The molecule has 0 aliphatic carbocycles. The second-order valence-corrected chi connectivity index (χ2v) is 5.53. The molecule has 1 amide bonds. The van der Waals surface area contributed by atoms with Gasteiger partial charge in [0.1, 0.15) is 5.82 Å². The van der Waals surface area contributed by atoms with Crippen LogP contribution in [0.2, 0.25) is 5.02 Å². The summed E-state index contributed by atoms with van der Waals surface area (Å²) in [6.07, 6.45) is 2.02. The number of aryl methyl sites for hydroxylation is 1. The van der Waals surface area contributed by atoms with Crippen LogP contribution in [0.1, 0.15) is 12.3 Å². The number of carbonyl (C=O) groups excluding carboxylic acids is 1. The summed E-state index contributed by atoms with van der Waals surface area (Å²) < 4.78 is 19.1. The van der Waals surface area contributed by atoms with Crippen LogP contribution in [0.15, 0.2) is 59.1 Å². The van der Waals surface area contributed by atoms with Crippen molar-refractivity contribution in [1.29, 1.82) is 0 Å². The van der Waals surface area contributed by atoms with E-state index in [1.165, 1.54) is 12.1 Å². The highest BCUT2D eigenvalue weighted by atomic mass is 35.5. The molecule has 0 bridgehead atoms. The van der Waals surface area contributed by atoms with Crippen LogP contribution in [0.5, 0.6) is 0 Å². The predicted octanol–water partition coefficient (Wildman–Crippen LogP) is 4.71. The Morgan fingerprint density at radius 3 is 2.71 bits per heavy atom. The van der Waals surface area contributed by atoms with Crippen molar-refractivity contribution in [3.8, 4) is 11.3 Å². The Morgan fingerprint density at radius 2 is 1.92 bits per heavy atom. The lowest BCUT2D eigenvalue weighted by Crippen LogP contribution is -2.13. The molecule has 0 unspecified atom stereocenters. The van der Waals surface area contributed by atoms with Crippen LogP contribution in [0.3, 0.4) is 0 Å². The average molecular weight is 345 g/mol. The summed E-state index contributed by atoms with van der Waals surface area (Å²) in [7, 11) is 0. The molecule has 24 heavy (non-hydrogen) atoms. The minimum absolute atomic E-state index is 0.136. The zero-order chi connectivity index (χ0) is 16.9. The Hall–Kier alpha value is -2.66. The molecule has 0 aliphatic rings. The summed E-state index contributed by atoms with van der Waals surface area (Å²) in [5, 5.41) is 3.09. The van der Waals surface area contributed by atoms with Crippen molar-refractivity contribution in [2.75, 3.05) is 5.32 Å². The second-order valence-electron chi connectivity index (χ2n) is 5.13. The van der Waals surface area contributed by atoms with Gasteiger partial charge in [-0.25, -0.2) is 9.37 Å². The van der Waals surface area contributed by atoms with Crippen molar-refractivity contribution in [3.63, 3.8) is 0 Å². The standard InChI is InChI=1S/C18H14ClFN2O2/c19-13-6-2-1-5-12(13)16-11-21-18(24-16)10-9-17(23)22-15-8-4-3-7-14(15)20/h1-8,11H,9-10H2,(H,22,23). The normalized spacial score (nSPS) is 10.6. The molecule has 0 aliphatic heterocycles. The van der Waals surface area contributed by atoms with Crippen LogP contribution in [-0.4, -0.2) is 10.9 Å². The minimum atomic E-state index is -0.469. The first-order valence-corrected chi connectivity index (χ1v) is 7.75. The fraction of sp³-hybridized carbons (Fsp3) is 0.111. The van der Waals surface area contributed by atoms with Crippen LogP contribution in [0.25, 0.3) is 11.3 Å². The van der Waals surface area contributed by atoms with E-state index in [-0.39, 0.29) is 18.0 Å². The quantitative estimate of drug-likeness (QED) is 0.729. The van der Waals surface area contributed by atoms with Gasteiger partial charge in [0.15, 0.2) is 11.7 Å². The summed E-state index contributed by atoms with van der Waals surface area (Å²) in [6, 6.07) is 13.3. The van der Waals surface area contributed by atoms with Gasteiger partial charge >= 0.3 is 0 Å². The Labute approximate surface area is 143 Å². The van der Waals surface area contributed by atoms with Crippen LogP contribution in [-0.2, 0) is 11.2 Å². The number of amides is 1. The van der Waals surface area contributed by atoms with Crippen molar-refractivity contribution in [2.45, 2.75) is 12.8 Å². The molecule has 6 heteroatoms. The summed E-state index contributed by atoms with van der Waals surface area (Å²) >= 11 is 6.11. The Bertz CT molecular complexity index is 863. The van der Waals surface area contributed by atoms with Crippen molar-refractivity contribution in [1.82, 2.24) is 4.98 Å². The molecule has 0 fully saturated rings. The number of rotatable bonds is 5. The number of para-hydroxylation sites is 1. The SMILES string of the molecule is O=C(CCc1ncc(-c2ccccc2Cl)o1)Nc1ccccc1F. The molecule has 1 heterocycles. The third-order valence-electron chi connectivity index (χ3n) is 3.41. The number of hydrogen-bond acceptors (Lipinski definition) is 3. The Kier molecular flexibility index (Phi) is 4.91. The lowest BCUT2D eigenvalue weighted by atomic mass is 10.2. The second kappa shape index (κ2) is 7.27. The number of aromatic nitrogens is 1. The molecule has 4 nitrogen and oxygen atoms in total. The van der Waals surface area contributed by atoms with E-state index in [0.717, 1.165) is 5.56 Å². The van der Waals surface area contributed by atoms with Gasteiger partial charge in [-0.1, -0.05) is 35.9 Å². The Balaban J connectivity index is 1.61. The summed E-state index contributed by atoms with van der Waals surface area (Å²) in [4.78, 5) is 16.1. The maximum absolute atomic E-state index is 13.5. The van der Waals surface area contributed by atoms with Crippen molar-refractivity contribution < 1.29 is 13.6 Å². The van der Waals surface area contributed by atoms with Gasteiger partial charge in [-0.2, -0.15) is 0 Å². The van der Waals surface area contributed by atoms with Gasteiger partial charge in [0, 0.05) is 18.4 Å². The third kappa shape index (κ3) is 3.81. The molecule has 3 aromatic rings. The molecular weight excluding hydrogens is 331 g/mol. The summed E-state index contributed by atoms with van der Waals surface area (Å²) in [5.41, 5.74) is 0.903. The fourth-order valence-corrected chi connectivity index (χ4v) is 2.44. The average Bonchev–Trinajstić information content (AvgIpc) is 3.04. The lowest BCUT2D eigenvalue weighted by Gasteiger charge is -2.05. The number of halogens is 2. The van der Waals surface area contributed by atoms with E-state index in [1.54, 1.807) is 24.4 Å². The molecule has 0 radical (unpaired) electrons. The fourth-order valence-electron chi connectivity index (χ4n) is 2.21. The molecule has 2 aromatic carbocycles. The largest absolute Gasteiger partial charge is 0.441 e. The molecule has 3 rings (SSSR count). The van der Waals surface area contributed by atoms with Gasteiger partial charge in [-0.15, -0.1) is 0 Å². The molecule has 0 atom stereocenters. The van der Waals surface area contributed by atoms with Crippen LogP contribution in [0, 0.1) is 5.82 Å². The number of nitrogens with one attached hydrogen (secondary N) is 1. The van der Waals surface area contributed by atoms with Gasteiger partial charge < -0.3 is 9.73 Å². The van der Waals surface area contributed by atoms with E-state index in [9.17, 15) is 9.18 Å². The minimum Gasteiger partial charge on any atom is -0.441 e. The first-order chi connectivity index (χ1) is 11.6. The van der Waals surface area contributed by atoms with E-state index >= 15 is 0 Å². The smallest absolute Gasteiger partial charge is 0.224 e. The monoisotopic (exact) mass is 344 g/mol. The molecule has 122 valence electrons. The van der Waals surface area contributed by atoms with Gasteiger partial charge in [0.2, 0.25) is 5.91 Å². The number of benzene rings is 2. The summed E-state index contributed by atoms with van der Waals surface area (Å²) in [6.45, 7) is 0. The third-order valence-corrected chi connectivity index (χ3v) is 3.74. The maximum atomic E-state index is 13.5. The van der Waals surface area contributed by atoms with Gasteiger partial charge in [-0.3, -0.25) is 4.79 Å². The van der Waals surface area contributed by atoms with E-state index in [4.69, 9.17) is 16.0 Å². The number of nitrogens with zero attached hydrogens (tertiary/aromatic N) is 1. The van der Waals surface area contributed by atoms with Crippen LogP contribution in [0.4, 0.5) is 10.1 Å². The Morgan fingerprint density at radius 1 is 1.17 bits per heavy atom. The van der Waals surface area contributed by atoms with Crippen molar-refractivity contribution in [2.24, 2.45) is 0 Å². The van der Waals surface area contributed by atoms with Gasteiger partial charge in [-0.05, 0) is 24.3 Å². The van der Waals surface area contributed by atoms with Crippen molar-refractivity contribution >= 4 is 23.2 Å². The maximum Gasteiger partial charge on any atom is 0.224 e. The molecule has 1 aromatic heterocycles. The highest BCUT2D eigenvalue weighted by molar-refractivity contribution is 6.33. The molecular formula is C18H14ClFN2O2. The van der Waals surface area contributed by atoms with E-state index in [1.807, 2.05) is 18.2 Å². The zero-order valence-corrected chi connectivity index (χ0v) is 13.4. The topological polar surface area (TPSA) is 55.1 Å². The molecule has 0 saturated carbocycles. The number of oxazole rings is 1. The van der Waals surface area contributed by atoms with Crippen molar-refractivity contribution in [3.05, 3.63) is 71.5 Å². The number of hydrogen-bond donors (Lipinski definition) is 1.